The van der Waals surface area contributed by atoms with Crippen LogP contribution in [0.2, 0.25) is 0 Å². The Labute approximate surface area is 162 Å². The Morgan fingerprint density at radius 2 is 2.14 bits per heavy atom. The average Bonchev–Trinajstić information content (AvgIpc) is 3.40. The lowest BCUT2D eigenvalue weighted by molar-refractivity contribution is 0.0433. The summed E-state index contributed by atoms with van der Waals surface area (Å²) in [7, 11) is 0. The Morgan fingerprint density at radius 1 is 1.29 bits per heavy atom. The molecule has 1 amide bonds. The number of amides is 1. The fourth-order valence-electron chi connectivity index (χ4n) is 4.55. The molecule has 4 heterocycles. The van der Waals surface area contributed by atoms with Crippen LogP contribution in [0.5, 0.6) is 0 Å². The first-order valence-corrected chi connectivity index (χ1v) is 9.46. The first kappa shape index (κ1) is 17.0. The molecule has 2 aromatic heterocycles. The summed E-state index contributed by atoms with van der Waals surface area (Å²) in [5, 5.41) is 10.3. The Bertz CT molecular complexity index is 1150. The van der Waals surface area contributed by atoms with E-state index in [-0.39, 0.29) is 11.9 Å². The lowest BCUT2D eigenvalue weighted by atomic mass is 9.97. The van der Waals surface area contributed by atoms with Gasteiger partial charge in [-0.2, -0.15) is 5.26 Å². The summed E-state index contributed by atoms with van der Waals surface area (Å²) in [6, 6.07) is 11.7. The molecule has 1 fully saturated rings. The maximum atomic E-state index is 13.1. The van der Waals surface area contributed by atoms with Gasteiger partial charge in [0.05, 0.1) is 46.2 Å². The van der Waals surface area contributed by atoms with Gasteiger partial charge in [-0.05, 0) is 38.5 Å². The monoisotopic (exact) mass is 372 g/mol. The van der Waals surface area contributed by atoms with E-state index in [9.17, 15) is 10.1 Å². The van der Waals surface area contributed by atoms with Crippen molar-refractivity contribution < 1.29 is 9.53 Å². The molecule has 1 atom stereocenters. The van der Waals surface area contributed by atoms with Gasteiger partial charge >= 0.3 is 0 Å². The molecular weight excluding hydrogens is 352 g/mol. The van der Waals surface area contributed by atoms with Gasteiger partial charge in [-0.25, -0.2) is 4.98 Å². The molecule has 2 aliphatic rings. The number of rotatable bonds is 2. The molecular formula is C22H20N4O2. The molecule has 1 aromatic carbocycles. The van der Waals surface area contributed by atoms with Crippen LogP contribution in [0.15, 0.2) is 36.5 Å². The summed E-state index contributed by atoms with van der Waals surface area (Å²) < 4.78 is 5.52. The number of nitrogens with zero attached hydrogens (tertiary/aromatic N) is 3. The second-order valence-electron chi connectivity index (χ2n) is 7.89. The van der Waals surface area contributed by atoms with E-state index in [4.69, 9.17) is 9.72 Å². The van der Waals surface area contributed by atoms with Crippen molar-refractivity contribution in [3.05, 3.63) is 53.3 Å². The maximum Gasteiger partial charge on any atom is 0.256 e. The van der Waals surface area contributed by atoms with Crippen LogP contribution in [0.3, 0.4) is 0 Å². The molecule has 1 saturated heterocycles. The van der Waals surface area contributed by atoms with Crippen molar-refractivity contribution >= 4 is 16.8 Å². The smallest absolute Gasteiger partial charge is 0.256 e. The fraction of sp³-hybridized carbons (Fsp3) is 0.318. The number of fused-ring (bicyclic) bond motifs is 2. The standard InChI is InChI=1S/C22H20N4O2/c1-22(2)20-16(21(27)26(22)14-8-9-28-12-14)6-7-18(25-20)17-11-24-19-13(10-23)4-3-5-15(17)19/h3-7,11,14,24H,8-9,12H2,1-2H3. The van der Waals surface area contributed by atoms with Gasteiger partial charge < -0.3 is 14.6 Å². The Morgan fingerprint density at radius 3 is 2.89 bits per heavy atom. The highest BCUT2D eigenvalue weighted by Crippen LogP contribution is 2.42. The topological polar surface area (TPSA) is 82.0 Å². The highest BCUT2D eigenvalue weighted by Gasteiger charge is 2.48. The van der Waals surface area contributed by atoms with Gasteiger partial charge in [-0.15, -0.1) is 0 Å². The molecule has 28 heavy (non-hydrogen) atoms. The van der Waals surface area contributed by atoms with Crippen molar-refractivity contribution in [1.29, 1.82) is 5.26 Å². The van der Waals surface area contributed by atoms with Gasteiger partial charge in [0.2, 0.25) is 0 Å². The summed E-state index contributed by atoms with van der Waals surface area (Å²) in [6.45, 7) is 5.37. The molecule has 0 spiro atoms. The molecule has 140 valence electrons. The highest BCUT2D eigenvalue weighted by atomic mass is 16.5. The van der Waals surface area contributed by atoms with E-state index < -0.39 is 5.54 Å². The van der Waals surface area contributed by atoms with E-state index in [0.717, 1.165) is 34.3 Å². The average molecular weight is 372 g/mol. The summed E-state index contributed by atoms with van der Waals surface area (Å²) in [5.41, 5.74) is 4.11. The largest absolute Gasteiger partial charge is 0.379 e. The molecule has 6 nitrogen and oxygen atoms in total. The lowest BCUT2D eigenvalue weighted by Gasteiger charge is -2.36. The van der Waals surface area contributed by atoms with Gasteiger partial charge in [-0.3, -0.25) is 4.79 Å². The van der Waals surface area contributed by atoms with Crippen LogP contribution in [0.1, 0.15) is 41.9 Å². The first-order valence-electron chi connectivity index (χ1n) is 9.46. The van der Waals surface area contributed by atoms with Gasteiger partial charge in [-0.1, -0.05) is 12.1 Å². The normalized spacial score (nSPS) is 20.5. The zero-order chi connectivity index (χ0) is 19.5. The van der Waals surface area contributed by atoms with E-state index in [1.54, 1.807) is 6.07 Å². The third kappa shape index (κ3) is 2.23. The summed E-state index contributed by atoms with van der Waals surface area (Å²) >= 11 is 0. The minimum absolute atomic E-state index is 0.0280. The van der Waals surface area contributed by atoms with E-state index in [2.05, 4.69) is 24.9 Å². The number of hydrogen-bond donors (Lipinski definition) is 1. The number of carbonyl (C=O) groups is 1. The third-order valence-corrected chi connectivity index (χ3v) is 5.91. The minimum Gasteiger partial charge on any atom is -0.379 e. The Kier molecular flexibility index (Phi) is 3.58. The molecule has 0 bridgehead atoms. The van der Waals surface area contributed by atoms with Crippen molar-refractivity contribution in [2.45, 2.75) is 31.8 Å². The number of aromatic nitrogens is 2. The highest BCUT2D eigenvalue weighted by molar-refractivity contribution is 6.01. The number of hydrogen-bond acceptors (Lipinski definition) is 4. The van der Waals surface area contributed by atoms with Crippen LogP contribution >= 0.6 is 0 Å². The number of pyridine rings is 1. The number of aromatic amines is 1. The predicted molar refractivity (Wildman–Crippen MR) is 105 cm³/mol. The predicted octanol–water partition coefficient (Wildman–Crippen LogP) is 3.58. The quantitative estimate of drug-likeness (QED) is 0.745. The molecule has 0 aliphatic carbocycles. The number of para-hydroxylation sites is 1. The van der Waals surface area contributed by atoms with Crippen molar-refractivity contribution in [2.24, 2.45) is 0 Å². The second kappa shape index (κ2) is 5.91. The summed E-state index contributed by atoms with van der Waals surface area (Å²) in [5.74, 6) is 0.0280. The van der Waals surface area contributed by atoms with Crippen LogP contribution in [0.4, 0.5) is 0 Å². The van der Waals surface area contributed by atoms with E-state index in [0.29, 0.717) is 24.3 Å². The zero-order valence-electron chi connectivity index (χ0n) is 15.8. The number of nitrogens with one attached hydrogen (secondary N) is 1. The van der Waals surface area contributed by atoms with Crippen molar-refractivity contribution in [3.8, 4) is 17.3 Å². The summed E-state index contributed by atoms with van der Waals surface area (Å²) in [4.78, 5) is 23.1. The minimum atomic E-state index is -0.495. The van der Waals surface area contributed by atoms with Crippen molar-refractivity contribution in [3.63, 3.8) is 0 Å². The molecule has 0 radical (unpaired) electrons. The van der Waals surface area contributed by atoms with Gasteiger partial charge in [0.25, 0.3) is 5.91 Å². The number of benzene rings is 1. The Hall–Kier alpha value is -3.17. The molecule has 2 aliphatic heterocycles. The molecule has 5 rings (SSSR count). The summed E-state index contributed by atoms with van der Waals surface area (Å²) in [6.07, 6.45) is 2.74. The van der Waals surface area contributed by atoms with Gasteiger partial charge in [0, 0.05) is 23.8 Å². The number of carbonyl (C=O) groups excluding carboxylic acids is 1. The molecule has 1 unspecified atom stereocenters. The SMILES string of the molecule is CC1(C)c2nc(-c3c[nH]c4c(C#N)cccc34)ccc2C(=O)N1C1CCOC1. The van der Waals surface area contributed by atoms with Crippen molar-refractivity contribution in [1.82, 2.24) is 14.9 Å². The third-order valence-electron chi connectivity index (χ3n) is 5.91. The van der Waals surface area contributed by atoms with Crippen LogP contribution in [0.25, 0.3) is 22.2 Å². The van der Waals surface area contributed by atoms with E-state index in [1.807, 2.05) is 35.4 Å². The zero-order valence-corrected chi connectivity index (χ0v) is 15.8. The molecule has 0 saturated carbocycles. The van der Waals surface area contributed by atoms with Crippen LogP contribution in [0, 0.1) is 11.3 Å². The molecule has 3 aromatic rings. The van der Waals surface area contributed by atoms with Crippen LogP contribution in [-0.2, 0) is 10.3 Å². The first-order chi connectivity index (χ1) is 13.5. The van der Waals surface area contributed by atoms with E-state index in [1.165, 1.54) is 0 Å². The van der Waals surface area contributed by atoms with Crippen LogP contribution in [-0.4, -0.2) is 40.0 Å². The van der Waals surface area contributed by atoms with Gasteiger partial charge in [0.1, 0.15) is 6.07 Å². The number of nitriles is 1. The molecule has 1 N–H and O–H groups in total. The van der Waals surface area contributed by atoms with Crippen LogP contribution < -0.4 is 0 Å². The molecule has 6 heteroatoms. The second-order valence-corrected chi connectivity index (χ2v) is 7.89. The van der Waals surface area contributed by atoms with Gasteiger partial charge in [0.15, 0.2) is 0 Å². The van der Waals surface area contributed by atoms with Crippen molar-refractivity contribution in [2.75, 3.05) is 13.2 Å². The Balaban J connectivity index is 1.63. The number of H-pyrrole nitrogens is 1. The maximum absolute atomic E-state index is 13.1. The van der Waals surface area contributed by atoms with E-state index >= 15 is 0 Å². The fourth-order valence-corrected chi connectivity index (χ4v) is 4.55. The lowest BCUT2D eigenvalue weighted by Crippen LogP contribution is -2.47. The number of ether oxygens (including phenoxy) is 1.